The van der Waals surface area contributed by atoms with E-state index in [1.807, 2.05) is 25.6 Å². The number of rotatable bonds is 5. The Morgan fingerprint density at radius 2 is 1.86 bits per heavy atom. The summed E-state index contributed by atoms with van der Waals surface area (Å²) in [4.78, 5) is 12.3. The SMILES string of the molecule is C[C@@H]1C(=O)[C@H](C)[C@]2(S[C@@H]3CCCC[C@H]3O[Si](C)(C)c3ccccc3)C=C[C@@H]1O2. The van der Waals surface area contributed by atoms with Gasteiger partial charge in [0.25, 0.3) is 0 Å². The van der Waals surface area contributed by atoms with E-state index in [-0.39, 0.29) is 24.0 Å². The maximum atomic E-state index is 12.8. The molecule has 0 radical (unpaired) electrons. The van der Waals surface area contributed by atoms with Crippen LogP contribution in [-0.2, 0) is 14.0 Å². The van der Waals surface area contributed by atoms with Gasteiger partial charge in [-0.05, 0) is 37.2 Å². The largest absolute Gasteiger partial charge is 0.409 e. The van der Waals surface area contributed by atoms with Gasteiger partial charge in [-0.1, -0.05) is 63.1 Å². The van der Waals surface area contributed by atoms with Crippen molar-refractivity contribution in [3.05, 3.63) is 42.5 Å². The molecule has 1 aromatic carbocycles. The van der Waals surface area contributed by atoms with Gasteiger partial charge >= 0.3 is 0 Å². The molecule has 0 unspecified atom stereocenters. The molecule has 1 aliphatic carbocycles. The summed E-state index contributed by atoms with van der Waals surface area (Å²) in [6.45, 7) is 8.63. The monoisotopic (exact) mass is 416 g/mol. The van der Waals surface area contributed by atoms with Crippen molar-refractivity contribution < 1.29 is 14.0 Å². The maximum absolute atomic E-state index is 12.8. The average Bonchev–Trinajstić information content (AvgIpc) is 3.10. The lowest BCUT2D eigenvalue weighted by Gasteiger charge is -2.45. The first kappa shape index (κ1) is 20.4. The van der Waals surface area contributed by atoms with Gasteiger partial charge in [-0.2, -0.15) is 0 Å². The molecule has 2 aliphatic heterocycles. The number of benzene rings is 1. The molecule has 28 heavy (non-hydrogen) atoms. The van der Waals surface area contributed by atoms with Crippen LogP contribution in [0.4, 0.5) is 0 Å². The summed E-state index contributed by atoms with van der Waals surface area (Å²) >= 11 is 1.86. The third-order valence-corrected chi connectivity index (χ3v) is 11.1. The Morgan fingerprint density at radius 1 is 1.14 bits per heavy atom. The van der Waals surface area contributed by atoms with E-state index in [1.165, 1.54) is 18.0 Å². The fourth-order valence-electron chi connectivity index (χ4n) is 4.81. The van der Waals surface area contributed by atoms with Gasteiger partial charge in [-0.3, -0.25) is 4.79 Å². The summed E-state index contributed by atoms with van der Waals surface area (Å²) in [6.07, 6.45) is 9.13. The number of thioether (sulfide) groups is 1. The highest BCUT2D eigenvalue weighted by Crippen LogP contribution is 2.51. The van der Waals surface area contributed by atoms with Crippen LogP contribution in [0.15, 0.2) is 42.5 Å². The Balaban J connectivity index is 1.52. The van der Waals surface area contributed by atoms with Gasteiger partial charge in [-0.25, -0.2) is 0 Å². The van der Waals surface area contributed by atoms with Gasteiger partial charge < -0.3 is 9.16 Å². The number of hydrogen-bond donors (Lipinski definition) is 0. The first-order valence-electron chi connectivity index (χ1n) is 10.6. The first-order valence-corrected chi connectivity index (χ1v) is 14.4. The lowest BCUT2D eigenvalue weighted by atomic mass is 9.87. The number of fused-ring (bicyclic) bond motifs is 2. The van der Waals surface area contributed by atoms with Crippen molar-refractivity contribution >= 4 is 31.0 Å². The summed E-state index contributed by atoms with van der Waals surface area (Å²) in [6, 6.07) is 10.7. The quantitative estimate of drug-likeness (QED) is 0.516. The van der Waals surface area contributed by atoms with E-state index in [4.69, 9.17) is 9.16 Å². The second-order valence-corrected chi connectivity index (χ2v) is 14.4. The Labute approximate surface area is 174 Å². The van der Waals surface area contributed by atoms with Crippen LogP contribution in [0.2, 0.25) is 13.1 Å². The topological polar surface area (TPSA) is 35.5 Å². The number of carbonyl (C=O) groups is 1. The van der Waals surface area contributed by atoms with Crippen LogP contribution < -0.4 is 5.19 Å². The molecule has 152 valence electrons. The molecule has 1 aromatic rings. The van der Waals surface area contributed by atoms with Crippen LogP contribution in [0.5, 0.6) is 0 Å². The molecule has 0 amide bonds. The molecule has 2 heterocycles. The lowest BCUT2D eigenvalue weighted by molar-refractivity contribution is -0.146. The second kappa shape index (κ2) is 7.75. The number of carbonyl (C=O) groups excluding carboxylic acids is 1. The van der Waals surface area contributed by atoms with Gasteiger partial charge in [0.2, 0.25) is 8.32 Å². The molecule has 2 bridgehead atoms. The van der Waals surface area contributed by atoms with Gasteiger partial charge in [0.1, 0.15) is 10.7 Å². The third-order valence-electron chi connectivity index (χ3n) is 6.70. The second-order valence-electron chi connectivity index (χ2n) is 9.05. The van der Waals surface area contributed by atoms with E-state index in [9.17, 15) is 4.79 Å². The summed E-state index contributed by atoms with van der Waals surface area (Å²) in [5.41, 5.74) is 0. The van der Waals surface area contributed by atoms with E-state index in [2.05, 4.69) is 55.6 Å². The van der Waals surface area contributed by atoms with Crippen LogP contribution >= 0.6 is 11.8 Å². The zero-order valence-corrected chi connectivity index (χ0v) is 19.2. The highest BCUT2D eigenvalue weighted by molar-refractivity contribution is 8.01. The molecule has 2 fully saturated rings. The molecular formula is C23H32O3SSi. The smallest absolute Gasteiger partial charge is 0.218 e. The van der Waals surface area contributed by atoms with E-state index < -0.39 is 13.3 Å². The van der Waals surface area contributed by atoms with Crippen molar-refractivity contribution in [1.29, 1.82) is 0 Å². The molecule has 0 N–H and O–H groups in total. The normalized spacial score (nSPS) is 38.0. The van der Waals surface area contributed by atoms with Gasteiger partial charge in [0.05, 0.1) is 18.1 Å². The Hall–Kier alpha value is -0.883. The van der Waals surface area contributed by atoms with Crippen molar-refractivity contribution in [3.63, 3.8) is 0 Å². The van der Waals surface area contributed by atoms with Crippen LogP contribution in [0.25, 0.3) is 0 Å². The van der Waals surface area contributed by atoms with Crippen molar-refractivity contribution in [2.24, 2.45) is 11.8 Å². The number of ether oxygens (including phenoxy) is 1. The standard InChI is InChI=1S/C23H32O3SSi/c1-16-19-14-15-23(25-19,17(2)22(16)24)27-21-13-9-8-12-20(21)26-28(3,4)18-10-6-5-7-11-18/h5-7,10-11,14-17,19-21H,8-9,12-13H2,1-4H3/t16-,17-,19-,20+,21+,23+/m0/s1. The molecule has 3 nitrogen and oxygen atoms in total. The Kier molecular flexibility index (Phi) is 5.64. The van der Waals surface area contributed by atoms with Crippen LogP contribution in [-0.4, -0.2) is 36.5 Å². The number of Topliss-reactive ketones (excluding diaryl/α,β-unsaturated/α-hetero) is 1. The minimum absolute atomic E-state index is 0.0368. The summed E-state index contributed by atoms with van der Waals surface area (Å²) in [7, 11) is -1.98. The summed E-state index contributed by atoms with van der Waals surface area (Å²) in [5, 5.41) is 1.71. The van der Waals surface area contributed by atoms with Crippen LogP contribution in [0.1, 0.15) is 39.5 Å². The highest BCUT2D eigenvalue weighted by atomic mass is 32.2. The van der Waals surface area contributed by atoms with E-state index in [0.29, 0.717) is 11.0 Å². The number of ketones is 1. The van der Waals surface area contributed by atoms with Crippen molar-refractivity contribution in [3.8, 4) is 0 Å². The van der Waals surface area contributed by atoms with E-state index in [1.54, 1.807) is 0 Å². The van der Waals surface area contributed by atoms with E-state index >= 15 is 0 Å². The zero-order chi connectivity index (χ0) is 19.9. The van der Waals surface area contributed by atoms with Crippen LogP contribution in [0, 0.1) is 11.8 Å². The molecule has 5 heteroatoms. The molecule has 0 spiro atoms. The van der Waals surface area contributed by atoms with Crippen molar-refractivity contribution in [2.45, 2.75) is 75.0 Å². The maximum Gasteiger partial charge on any atom is 0.218 e. The zero-order valence-electron chi connectivity index (χ0n) is 17.4. The van der Waals surface area contributed by atoms with Crippen molar-refractivity contribution in [2.75, 3.05) is 0 Å². The minimum Gasteiger partial charge on any atom is -0.409 e. The minimum atomic E-state index is -1.98. The third kappa shape index (κ3) is 3.67. The Morgan fingerprint density at radius 3 is 2.61 bits per heavy atom. The predicted octanol–water partition coefficient (Wildman–Crippen LogP) is 4.67. The molecule has 1 saturated carbocycles. The predicted molar refractivity (Wildman–Crippen MR) is 118 cm³/mol. The average molecular weight is 417 g/mol. The van der Waals surface area contributed by atoms with E-state index in [0.717, 1.165) is 12.8 Å². The lowest BCUT2D eigenvalue weighted by Crippen LogP contribution is -2.52. The molecule has 0 aromatic heterocycles. The number of hydrogen-bond acceptors (Lipinski definition) is 4. The Bertz CT molecular complexity index is 749. The fraction of sp³-hybridized carbons (Fsp3) is 0.609. The fourth-order valence-corrected chi connectivity index (χ4v) is 8.83. The molecule has 3 aliphatic rings. The van der Waals surface area contributed by atoms with Gasteiger partial charge in [-0.15, -0.1) is 11.8 Å². The molecule has 6 atom stereocenters. The first-order chi connectivity index (χ1) is 13.3. The van der Waals surface area contributed by atoms with Crippen LogP contribution in [0.3, 0.4) is 0 Å². The molecule has 1 saturated heterocycles. The molecular weight excluding hydrogens is 384 g/mol. The highest BCUT2D eigenvalue weighted by Gasteiger charge is 2.54. The van der Waals surface area contributed by atoms with Crippen molar-refractivity contribution in [1.82, 2.24) is 0 Å². The summed E-state index contributed by atoms with van der Waals surface area (Å²) < 4.78 is 13.3. The van der Waals surface area contributed by atoms with Gasteiger partial charge in [0, 0.05) is 11.2 Å². The molecule has 4 rings (SSSR count). The van der Waals surface area contributed by atoms with Gasteiger partial charge in [0.15, 0.2) is 0 Å². The summed E-state index contributed by atoms with van der Waals surface area (Å²) in [5.74, 6) is 0.191.